The Kier molecular flexibility index (Phi) is 8.65. The normalized spacial score (nSPS) is 21.1. The van der Waals surface area contributed by atoms with Crippen LogP contribution in [0, 0.1) is 11.8 Å². The van der Waals surface area contributed by atoms with Crippen LogP contribution in [0.2, 0.25) is 0 Å². The Morgan fingerprint density at radius 1 is 1.14 bits per heavy atom. The van der Waals surface area contributed by atoms with Gasteiger partial charge in [-0.25, -0.2) is 0 Å². The van der Waals surface area contributed by atoms with Crippen LogP contribution in [-0.2, 0) is 22.7 Å². The van der Waals surface area contributed by atoms with Crippen molar-refractivity contribution in [1.82, 2.24) is 15.1 Å². The number of phenols is 1. The maximum atomic E-state index is 13.5. The van der Waals surface area contributed by atoms with Gasteiger partial charge in [-0.05, 0) is 44.2 Å². The first-order valence-corrected chi connectivity index (χ1v) is 12.8. The molecule has 0 aromatic heterocycles. The number of para-hydroxylation sites is 2. The molecule has 0 unspecified atom stereocenters. The van der Waals surface area contributed by atoms with Gasteiger partial charge in [-0.15, -0.1) is 0 Å². The van der Waals surface area contributed by atoms with Crippen LogP contribution in [0.25, 0.3) is 0 Å². The Balaban J connectivity index is 1.57. The minimum Gasteiger partial charge on any atom is -0.508 e. The summed E-state index contributed by atoms with van der Waals surface area (Å²) in [6, 6.07) is 15.2. The minimum atomic E-state index is 0.0603. The van der Waals surface area contributed by atoms with Crippen LogP contribution in [0.5, 0.6) is 11.5 Å². The fourth-order valence-corrected chi connectivity index (χ4v) is 5.08. The van der Waals surface area contributed by atoms with E-state index in [0.29, 0.717) is 39.2 Å². The lowest BCUT2D eigenvalue weighted by Gasteiger charge is -2.38. The van der Waals surface area contributed by atoms with Gasteiger partial charge in [-0.1, -0.05) is 48.6 Å². The lowest BCUT2D eigenvalue weighted by Crippen LogP contribution is -2.48. The van der Waals surface area contributed by atoms with E-state index in [1.54, 1.807) is 12.1 Å². The first-order valence-electron chi connectivity index (χ1n) is 12.8. The number of fused-ring (bicyclic) bond motifs is 3. The summed E-state index contributed by atoms with van der Waals surface area (Å²) < 4.78 is 6.12. The third-order valence-corrected chi connectivity index (χ3v) is 6.89. The fourth-order valence-electron chi connectivity index (χ4n) is 5.08. The zero-order chi connectivity index (χ0) is 25.5. The molecule has 2 aromatic rings. The summed E-state index contributed by atoms with van der Waals surface area (Å²) in [5.74, 6) is 1.40. The van der Waals surface area contributed by atoms with Gasteiger partial charge < -0.3 is 20.1 Å². The third-order valence-electron chi connectivity index (χ3n) is 6.89. The second-order valence-corrected chi connectivity index (χ2v) is 10.1. The van der Waals surface area contributed by atoms with Gasteiger partial charge >= 0.3 is 0 Å². The van der Waals surface area contributed by atoms with Gasteiger partial charge in [-0.2, -0.15) is 0 Å². The summed E-state index contributed by atoms with van der Waals surface area (Å²) in [6.45, 7) is 6.79. The van der Waals surface area contributed by atoms with E-state index in [-0.39, 0.29) is 42.0 Å². The van der Waals surface area contributed by atoms with E-state index in [9.17, 15) is 14.7 Å². The van der Waals surface area contributed by atoms with Crippen molar-refractivity contribution in [2.75, 3.05) is 26.2 Å². The average molecular weight is 492 g/mol. The van der Waals surface area contributed by atoms with Crippen LogP contribution < -0.4 is 10.1 Å². The SMILES string of the molecule is CC(C)NC(=O)C[C@@H]1CCN2C[C@@H]1C=CCOc1ccccc1CN(Cc1ccccc1O)CC2=O. The van der Waals surface area contributed by atoms with Crippen molar-refractivity contribution in [3.63, 3.8) is 0 Å². The van der Waals surface area contributed by atoms with Crippen LogP contribution >= 0.6 is 0 Å². The van der Waals surface area contributed by atoms with Crippen LogP contribution in [0.1, 0.15) is 37.8 Å². The number of carbonyl (C=O) groups excluding carboxylic acids is 2. The van der Waals surface area contributed by atoms with Crippen molar-refractivity contribution >= 4 is 11.8 Å². The van der Waals surface area contributed by atoms with E-state index in [1.165, 1.54) is 0 Å². The summed E-state index contributed by atoms with van der Waals surface area (Å²) in [4.78, 5) is 30.0. The minimum absolute atomic E-state index is 0.0603. The van der Waals surface area contributed by atoms with Gasteiger partial charge in [0.15, 0.2) is 0 Å². The Morgan fingerprint density at radius 3 is 2.72 bits per heavy atom. The molecule has 2 heterocycles. The second-order valence-electron chi connectivity index (χ2n) is 10.1. The van der Waals surface area contributed by atoms with E-state index in [0.717, 1.165) is 23.3 Å². The maximum Gasteiger partial charge on any atom is 0.236 e. The molecule has 1 fully saturated rings. The largest absolute Gasteiger partial charge is 0.508 e. The summed E-state index contributed by atoms with van der Waals surface area (Å²) in [6.07, 6.45) is 5.37. The van der Waals surface area contributed by atoms with E-state index in [4.69, 9.17) is 4.74 Å². The predicted molar refractivity (Wildman–Crippen MR) is 139 cm³/mol. The molecule has 2 bridgehead atoms. The van der Waals surface area contributed by atoms with Crippen molar-refractivity contribution in [1.29, 1.82) is 0 Å². The monoisotopic (exact) mass is 491 g/mol. The number of benzene rings is 2. The average Bonchev–Trinajstić information content (AvgIpc) is 2.84. The quantitative estimate of drug-likeness (QED) is 0.623. The Morgan fingerprint density at radius 2 is 1.92 bits per heavy atom. The zero-order valence-electron chi connectivity index (χ0n) is 21.2. The molecule has 0 spiro atoms. The summed E-state index contributed by atoms with van der Waals surface area (Å²) in [5, 5.41) is 13.4. The summed E-state index contributed by atoms with van der Waals surface area (Å²) >= 11 is 0. The number of carbonyl (C=O) groups is 2. The molecule has 2 aliphatic heterocycles. The number of nitrogens with zero attached hydrogens (tertiary/aromatic N) is 2. The molecule has 7 heteroatoms. The van der Waals surface area contributed by atoms with Gasteiger partial charge in [-0.3, -0.25) is 14.5 Å². The van der Waals surface area contributed by atoms with Crippen molar-refractivity contribution in [3.8, 4) is 11.5 Å². The lowest BCUT2D eigenvalue weighted by atomic mass is 9.82. The fraction of sp³-hybridized carbons (Fsp3) is 0.448. The number of ether oxygens (including phenoxy) is 1. The molecule has 4 rings (SSSR count). The Hall–Kier alpha value is -3.32. The predicted octanol–water partition coefficient (Wildman–Crippen LogP) is 3.72. The zero-order valence-corrected chi connectivity index (χ0v) is 21.2. The molecule has 2 aliphatic rings. The van der Waals surface area contributed by atoms with Crippen LogP contribution in [0.4, 0.5) is 0 Å². The van der Waals surface area contributed by atoms with E-state index in [1.807, 2.05) is 61.2 Å². The third kappa shape index (κ3) is 6.88. The van der Waals surface area contributed by atoms with E-state index in [2.05, 4.69) is 16.3 Å². The molecule has 2 amide bonds. The van der Waals surface area contributed by atoms with Gasteiger partial charge in [0.2, 0.25) is 11.8 Å². The lowest BCUT2D eigenvalue weighted by molar-refractivity contribution is -0.135. The van der Waals surface area contributed by atoms with Crippen LogP contribution in [0.15, 0.2) is 60.7 Å². The molecule has 2 aromatic carbocycles. The molecule has 2 N–H and O–H groups in total. The summed E-state index contributed by atoms with van der Waals surface area (Å²) in [7, 11) is 0. The molecule has 0 saturated carbocycles. The van der Waals surface area contributed by atoms with Crippen LogP contribution in [0.3, 0.4) is 0 Å². The smallest absolute Gasteiger partial charge is 0.236 e. The van der Waals surface area contributed by atoms with E-state index >= 15 is 0 Å². The molecular weight excluding hydrogens is 454 g/mol. The highest BCUT2D eigenvalue weighted by Crippen LogP contribution is 2.29. The van der Waals surface area contributed by atoms with Gasteiger partial charge in [0.25, 0.3) is 0 Å². The molecule has 0 radical (unpaired) electrons. The van der Waals surface area contributed by atoms with Crippen molar-refractivity contribution in [2.45, 2.75) is 45.8 Å². The number of nitrogens with one attached hydrogen (secondary N) is 1. The van der Waals surface area contributed by atoms with Crippen molar-refractivity contribution in [2.24, 2.45) is 11.8 Å². The number of piperidine rings is 1. The molecule has 192 valence electrons. The highest BCUT2D eigenvalue weighted by molar-refractivity contribution is 5.79. The highest BCUT2D eigenvalue weighted by atomic mass is 16.5. The number of amides is 2. The molecule has 36 heavy (non-hydrogen) atoms. The standard InChI is InChI=1S/C29H37N3O4/c1-21(2)30-28(34)16-22-13-14-32-19-23(22)10-7-15-36-27-12-6-4-9-25(27)18-31(20-29(32)35)17-24-8-3-5-11-26(24)33/h3-12,21-23,33H,13-20H2,1-2H3,(H,30,34)/t22-,23-/m0/s1. The Labute approximate surface area is 213 Å². The topological polar surface area (TPSA) is 82.1 Å². The first-order chi connectivity index (χ1) is 17.4. The maximum absolute atomic E-state index is 13.5. The molecular formula is C29H37N3O4. The second kappa shape index (κ2) is 12.1. The molecule has 2 atom stereocenters. The summed E-state index contributed by atoms with van der Waals surface area (Å²) in [5.41, 5.74) is 1.78. The van der Waals surface area contributed by atoms with Crippen molar-refractivity contribution < 1.29 is 19.4 Å². The molecule has 7 nitrogen and oxygen atoms in total. The van der Waals surface area contributed by atoms with E-state index < -0.39 is 0 Å². The molecule has 0 aliphatic carbocycles. The van der Waals surface area contributed by atoms with Crippen LogP contribution in [-0.4, -0.2) is 59.0 Å². The first kappa shape index (κ1) is 25.8. The van der Waals surface area contributed by atoms with Gasteiger partial charge in [0, 0.05) is 49.8 Å². The highest BCUT2D eigenvalue weighted by Gasteiger charge is 2.32. The van der Waals surface area contributed by atoms with Gasteiger partial charge in [0.1, 0.15) is 18.1 Å². The number of rotatable bonds is 5. The Bertz CT molecular complexity index is 1080. The number of aromatic hydroxyl groups is 1. The molecule has 1 saturated heterocycles. The van der Waals surface area contributed by atoms with Gasteiger partial charge in [0.05, 0.1) is 6.54 Å². The number of hydrogen-bond acceptors (Lipinski definition) is 5. The van der Waals surface area contributed by atoms with Crippen molar-refractivity contribution in [3.05, 3.63) is 71.8 Å². The number of hydrogen-bond donors (Lipinski definition) is 2. The number of phenolic OH excluding ortho intramolecular Hbond substituents is 1.